The van der Waals surface area contributed by atoms with Crippen LogP contribution in [0.15, 0.2) is 36.4 Å². The molecule has 0 aromatic heterocycles. The number of aliphatic hydroxyl groups excluding tert-OH is 1. The van der Waals surface area contributed by atoms with E-state index in [0.29, 0.717) is 18.8 Å². The zero-order chi connectivity index (χ0) is 13.0. The number of para-hydroxylation sites is 1. The Morgan fingerprint density at radius 3 is 3.11 bits per heavy atom. The molecule has 2 unspecified atom stereocenters. The minimum absolute atomic E-state index is 0.306. The second-order valence-electron chi connectivity index (χ2n) is 4.06. The predicted octanol–water partition coefficient (Wildman–Crippen LogP) is 1.99. The van der Waals surface area contributed by atoms with Crippen molar-refractivity contribution >= 4 is 5.97 Å². The van der Waals surface area contributed by atoms with Gasteiger partial charge in [-0.05, 0) is 19.1 Å². The molecule has 4 heteroatoms. The van der Waals surface area contributed by atoms with E-state index in [2.05, 4.69) is 0 Å². The Bertz CT molecular complexity index is 453. The second kappa shape index (κ2) is 5.69. The van der Waals surface area contributed by atoms with Gasteiger partial charge in [0.2, 0.25) is 0 Å². The highest BCUT2D eigenvalue weighted by Gasteiger charge is 2.24. The third-order valence-electron chi connectivity index (χ3n) is 2.75. The molecule has 0 saturated carbocycles. The van der Waals surface area contributed by atoms with Crippen molar-refractivity contribution < 1.29 is 19.4 Å². The predicted molar refractivity (Wildman–Crippen MR) is 66.2 cm³/mol. The summed E-state index contributed by atoms with van der Waals surface area (Å²) >= 11 is 0. The molecule has 2 atom stereocenters. The summed E-state index contributed by atoms with van der Waals surface area (Å²) < 4.78 is 10.5. The van der Waals surface area contributed by atoms with Gasteiger partial charge in [0, 0.05) is 18.1 Å². The number of hydrogen-bond donors (Lipinski definition) is 1. The Morgan fingerprint density at radius 2 is 2.33 bits per heavy atom. The van der Waals surface area contributed by atoms with Gasteiger partial charge in [0.25, 0.3) is 0 Å². The van der Waals surface area contributed by atoms with Crippen LogP contribution in [0.4, 0.5) is 0 Å². The normalized spacial score (nSPS) is 22.3. The molecular weight excluding hydrogens is 232 g/mol. The molecule has 0 aliphatic carbocycles. The Morgan fingerprint density at radius 1 is 1.56 bits per heavy atom. The fourth-order valence-corrected chi connectivity index (χ4v) is 1.92. The SMILES string of the molecule is CCOC(=O)/C=C/C1CC(O)c2ccccc2O1. The summed E-state index contributed by atoms with van der Waals surface area (Å²) in [4.78, 5) is 11.2. The van der Waals surface area contributed by atoms with Crippen LogP contribution >= 0.6 is 0 Å². The molecule has 0 saturated heterocycles. The van der Waals surface area contributed by atoms with Gasteiger partial charge in [-0.25, -0.2) is 4.79 Å². The molecule has 4 nitrogen and oxygen atoms in total. The summed E-state index contributed by atoms with van der Waals surface area (Å²) in [7, 11) is 0. The highest BCUT2D eigenvalue weighted by atomic mass is 16.5. The number of benzene rings is 1. The molecule has 2 rings (SSSR count). The first-order chi connectivity index (χ1) is 8.70. The number of hydrogen-bond acceptors (Lipinski definition) is 4. The summed E-state index contributed by atoms with van der Waals surface area (Å²) in [5, 5.41) is 9.97. The molecule has 0 fully saturated rings. The van der Waals surface area contributed by atoms with Crippen LogP contribution in [-0.2, 0) is 9.53 Å². The van der Waals surface area contributed by atoms with Gasteiger partial charge in [0.1, 0.15) is 11.9 Å². The molecule has 0 spiro atoms. The molecule has 0 amide bonds. The Hall–Kier alpha value is -1.81. The van der Waals surface area contributed by atoms with Gasteiger partial charge in [-0.1, -0.05) is 18.2 Å². The summed E-state index contributed by atoms with van der Waals surface area (Å²) in [6.07, 6.45) is 2.53. The van der Waals surface area contributed by atoms with E-state index >= 15 is 0 Å². The van der Waals surface area contributed by atoms with E-state index in [1.165, 1.54) is 6.08 Å². The largest absolute Gasteiger partial charge is 0.486 e. The zero-order valence-corrected chi connectivity index (χ0v) is 10.2. The zero-order valence-electron chi connectivity index (χ0n) is 10.2. The highest BCUT2D eigenvalue weighted by Crippen LogP contribution is 2.34. The number of esters is 1. The van der Waals surface area contributed by atoms with Gasteiger partial charge in [-0.15, -0.1) is 0 Å². The molecule has 1 aromatic rings. The standard InChI is InChI=1S/C14H16O4/c1-2-17-14(16)8-7-10-9-12(15)11-5-3-4-6-13(11)18-10/h3-8,10,12,15H,2,9H2,1H3/b8-7+. The number of fused-ring (bicyclic) bond motifs is 1. The van der Waals surface area contributed by atoms with Crippen molar-refractivity contribution in [1.82, 2.24) is 0 Å². The lowest BCUT2D eigenvalue weighted by molar-refractivity contribution is -0.137. The summed E-state index contributed by atoms with van der Waals surface area (Å²) in [6.45, 7) is 2.10. The highest BCUT2D eigenvalue weighted by molar-refractivity contribution is 5.81. The summed E-state index contributed by atoms with van der Waals surface area (Å²) in [5.41, 5.74) is 0.790. The van der Waals surface area contributed by atoms with E-state index in [1.807, 2.05) is 24.3 Å². The average molecular weight is 248 g/mol. The van der Waals surface area contributed by atoms with E-state index in [0.717, 1.165) is 5.56 Å². The lowest BCUT2D eigenvalue weighted by Crippen LogP contribution is -2.24. The molecule has 1 aromatic carbocycles. The van der Waals surface area contributed by atoms with Crippen molar-refractivity contribution in [1.29, 1.82) is 0 Å². The quantitative estimate of drug-likeness (QED) is 0.656. The Balaban J connectivity index is 2.05. The lowest BCUT2D eigenvalue weighted by Gasteiger charge is -2.27. The molecule has 1 aliphatic heterocycles. The third-order valence-corrected chi connectivity index (χ3v) is 2.75. The van der Waals surface area contributed by atoms with Gasteiger partial charge in [-0.3, -0.25) is 0 Å². The monoisotopic (exact) mass is 248 g/mol. The fourth-order valence-electron chi connectivity index (χ4n) is 1.92. The van der Waals surface area contributed by atoms with E-state index < -0.39 is 12.1 Å². The second-order valence-corrected chi connectivity index (χ2v) is 4.06. The molecule has 1 aliphatic rings. The molecule has 0 bridgehead atoms. The van der Waals surface area contributed by atoms with E-state index in [4.69, 9.17) is 9.47 Å². The maximum Gasteiger partial charge on any atom is 0.330 e. The van der Waals surface area contributed by atoms with Crippen molar-refractivity contribution in [2.45, 2.75) is 25.6 Å². The van der Waals surface area contributed by atoms with Crippen LogP contribution in [0, 0.1) is 0 Å². The molecule has 18 heavy (non-hydrogen) atoms. The Labute approximate surface area is 106 Å². The first-order valence-electron chi connectivity index (χ1n) is 5.99. The minimum Gasteiger partial charge on any atom is -0.486 e. The number of carbonyl (C=O) groups excluding carboxylic acids is 1. The first-order valence-corrected chi connectivity index (χ1v) is 5.99. The van der Waals surface area contributed by atoms with Crippen LogP contribution in [0.2, 0.25) is 0 Å². The van der Waals surface area contributed by atoms with Crippen molar-refractivity contribution in [3.8, 4) is 5.75 Å². The van der Waals surface area contributed by atoms with Crippen molar-refractivity contribution in [2.75, 3.05) is 6.61 Å². The molecule has 1 heterocycles. The lowest BCUT2D eigenvalue weighted by atomic mass is 9.99. The van der Waals surface area contributed by atoms with E-state index in [9.17, 15) is 9.90 Å². The number of rotatable bonds is 3. The minimum atomic E-state index is -0.563. The molecule has 1 N–H and O–H groups in total. The van der Waals surface area contributed by atoms with Crippen LogP contribution < -0.4 is 4.74 Å². The van der Waals surface area contributed by atoms with Crippen LogP contribution in [0.3, 0.4) is 0 Å². The van der Waals surface area contributed by atoms with Gasteiger partial charge in [0.15, 0.2) is 0 Å². The van der Waals surface area contributed by atoms with Crippen molar-refractivity contribution in [3.05, 3.63) is 42.0 Å². The maximum absolute atomic E-state index is 11.2. The van der Waals surface area contributed by atoms with Crippen LogP contribution in [-0.4, -0.2) is 23.8 Å². The molecule has 96 valence electrons. The van der Waals surface area contributed by atoms with Gasteiger partial charge in [-0.2, -0.15) is 0 Å². The van der Waals surface area contributed by atoms with Crippen molar-refractivity contribution in [3.63, 3.8) is 0 Å². The summed E-state index contributed by atoms with van der Waals surface area (Å²) in [5.74, 6) is 0.268. The third kappa shape index (κ3) is 2.90. The van der Waals surface area contributed by atoms with Gasteiger partial charge in [0.05, 0.1) is 12.7 Å². The maximum atomic E-state index is 11.2. The Kier molecular flexibility index (Phi) is 3.99. The van der Waals surface area contributed by atoms with E-state index in [-0.39, 0.29) is 6.10 Å². The van der Waals surface area contributed by atoms with Crippen LogP contribution in [0.1, 0.15) is 25.0 Å². The average Bonchev–Trinajstić information content (AvgIpc) is 2.37. The topological polar surface area (TPSA) is 55.8 Å². The number of carbonyl (C=O) groups is 1. The van der Waals surface area contributed by atoms with Gasteiger partial charge >= 0.3 is 5.97 Å². The molecular formula is C14H16O4. The van der Waals surface area contributed by atoms with E-state index in [1.54, 1.807) is 13.0 Å². The van der Waals surface area contributed by atoms with Crippen LogP contribution in [0.25, 0.3) is 0 Å². The smallest absolute Gasteiger partial charge is 0.330 e. The molecule has 0 radical (unpaired) electrons. The number of aliphatic hydroxyl groups is 1. The number of ether oxygens (including phenoxy) is 2. The first kappa shape index (κ1) is 12.6. The fraction of sp³-hybridized carbons (Fsp3) is 0.357. The van der Waals surface area contributed by atoms with Crippen LogP contribution in [0.5, 0.6) is 5.75 Å². The summed E-state index contributed by atoms with van der Waals surface area (Å²) in [6, 6.07) is 7.36. The van der Waals surface area contributed by atoms with Gasteiger partial charge < -0.3 is 14.6 Å². The van der Waals surface area contributed by atoms with Crippen molar-refractivity contribution in [2.24, 2.45) is 0 Å².